The van der Waals surface area contributed by atoms with E-state index in [1.807, 2.05) is 0 Å². The lowest BCUT2D eigenvalue weighted by atomic mass is 10.3. The van der Waals surface area contributed by atoms with Crippen molar-refractivity contribution < 1.29 is 9.90 Å². The molecule has 0 aliphatic heterocycles. The molecule has 0 saturated heterocycles. The van der Waals surface area contributed by atoms with Crippen LogP contribution in [-0.4, -0.2) is 21.0 Å². The fraction of sp³-hybridized carbons (Fsp3) is 0.308. The number of hydrogen-bond acceptors (Lipinski definition) is 5. The Morgan fingerprint density at radius 3 is 2.63 bits per heavy atom. The summed E-state index contributed by atoms with van der Waals surface area (Å²) in [6, 6.07) is 3.56. The van der Waals surface area contributed by atoms with E-state index < -0.39 is 5.97 Å². The van der Waals surface area contributed by atoms with Crippen molar-refractivity contribution in [2.24, 2.45) is 0 Å². The first kappa shape index (κ1) is 13.5. The molecule has 0 atom stereocenters. The fourth-order valence-corrected chi connectivity index (χ4v) is 2.65. The summed E-state index contributed by atoms with van der Waals surface area (Å²) in [4.78, 5) is 21.5. The largest absolute Gasteiger partial charge is 0.477 e. The molecule has 0 saturated carbocycles. The van der Waals surface area contributed by atoms with Crippen molar-refractivity contribution in [3.8, 4) is 0 Å². The maximum absolute atomic E-state index is 10.9. The normalized spacial score (nSPS) is 10.5. The average molecular weight is 277 g/mol. The highest BCUT2D eigenvalue weighted by molar-refractivity contribution is 7.12. The minimum Gasteiger partial charge on any atom is -0.477 e. The lowest BCUT2D eigenvalue weighted by Crippen LogP contribution is -2.08. The Labute approximate surface area is 115 Å². The molecule has 2 rings (SSSR count). The Balaban J connectivity index is 2.13. The van der Waals surface area contributed by atoms with Crippen molar-refractivity contribution >= 4 is 23.3 Å². The molecule has 0 aromatic carbocycles. The maximum Gasteiger partial charge on any atom is 0.354 e. The first-order valence-corrected chi connectivity index (χ1v) is 6.66. The molecule has 0 amide bonds. The summed E-state index contributed by atoms with van der Waals surface area (Å²) in [5, 5.41) is 12.0. The molecule has 2 heterocycles. The van der Waals surface area contributed by atoms with Crippen molar-refractivity contribution in [1.82, 2.24) is 9.97 Å². The zero-order valence-electron chi connectivity index (χ0n) is 11.0. The number of carboxylic acids is 1. The van der Waals surface area contributed by atoms with E-state index >= 15 is 0 Å². The molecule has 2 aromatic heterocycles. The van der Waals surface area contributed by atoms with Crippen LogP contribution in [0.5, 0.6) is 0 Å². The second-order valence-electron chi connectivity index (χ2n) is 4.33. The lowest BCUT2D eigenvalue weighted by Gasteiger charge is -2.05. The maximum atomic E-state index is 10.9. The van der Waals surface area contributed by atoms with Gasteiger partial charge in [-0.15, -0.1) is 11.3 Å². The Morgan fingerprint density at radius 2 is 2.05 bits per heavy atom. The first-order chi connectivity index (χ1) is 8.95. The molecular weight excluding hydrogens is 262 g/mol. The second kappa shape index (κ2) is 5.36. The van der Waals surface area contributed by atoms with E-state index in [0.717, 1.165) is 0 Å². The van der Waals surface area contributed by atoms with Crippen LogP contribution in [-0.2, 0) is 6.54 Å². The van der Waals surface area contributed by atoms with Crippen molar-refractivity contribution in [3.05, 3.63) is 38.8 Å². The molecule has 0 spiro atoms. The molecule has 100 valence electrons. The molecule has 5 nitrogen and oxygen atoms in total. The van der Waals surface area contributed by atoms with Gasteiger partial charge in [-0.05, 0) is 38.5 Å². The number of rotatable bonds is 4. The molecule has 0 fully saturated rings. The monoisotopic (exact) mass is 277 g/mol. The van der Waals surface area contributed by atoms with Gasteiger partial charge in [0, 0.05) is 15.4 Å². The van der Waals surface area contributed by atoms with Gasteiger partial charge in [0.05, 0.1) is 6.54 Å². The van der Waals surface area contributed by atoms with Crippen molar-refractivity contribution in [3.63, 3.8) is 0 Å². The van der Waals surface area contributed by atoms with Crippen LogP contribution in [0.25, 0.3) is 0 Å². The summed E-state index contributed by atoms with van der Waals surface area (Å²) in [5.74, 6) is -0.697. The van der Waals surface area contributed by atoms with Gasteiger partial charge in [-0.25, -0.2) is 14.8 Å². The van der Waals surface area contributed by atoms with Crippen LogP contribution >= 0.6 is 11.3 Å². The van der Waals surface area contributed by atoms with E-state index in [2.05, 4.69) is 35.2 Å². The number of aryl methyl sites for hydroxylation is 3. The third kappa shape index (κ3) is 3.29. The van der Waals surface area contributed by atoms with Gasteiger partial charge in [-0.2, -0.15) is 0 Å². The van der Waals surface area contributed by atoms with Gasteiger partial charge < -0.3 is 10.4 Å². The zero-order valence-corrected chi connectivity index (χ0v) is 11.8. The SMILES string of the molecule is Cc1cc(C(=O)O)nc(NCc2cc(C)c(C)s2)n1. The second-order valence-corrected chi connectivity index (χ2v) is 5.67. The molecule has 2 aromatic rings. The Bertz CT molecular complexity index is 603. The van der Waals surface area contributed by atoms with Gasteiger partial charge in [-0.3, -0.25) is 0 Å². The number of aromatic carboxylic acids is 1. The van der Waals surface area contributed by atoms with E-state index in [1.165, 1.54) is 21.4 Å². The summed E-state index contributed by atoms with van der Waals surface area (Å²) in [6.07, 6.45) is 0. The number of thiophene rings is 1. The van der Waals surface area contributed by atoms with E-state index in [4.69, 9.17) is 5.11 Å². The van der Waals surface area contributed by atoms with Gasteiger partial charge in [-0.1, -0.05) is 0 Å². The molecule has 19 heavy (non-hydrogen) atoms. The number of nitrogens with zero attached hydrogens (tertiary/aromatic N) is 2. The van der Waals surface area contributed by atoms with Crippen LogP contribution < -0.4 is 5.32 Å². The van der Waals surface area contributed by atoms with Gasteiger partial charge >= 0.3 is 5.97 Å². The molecule has 0 aliphatic rings. The van der Waals surface area contributed by atoms with Gasteiger partial charge in [0.1, 0.15) is 0 Å². The smallest absolute Gasteiger partial charge is 0.354 e. The first-order valence-electron chi connectivity index (χ1n) is 5.84. The lowest BCUT2D eigenvalue weighted by molar-refractivity contribution is 0.0690. The Hall–Kier alpha value is -1.95. The highest BCUT2D eigenvalue weighted by Crippen LogP contribution is 2.21. The number of hydrogen-bond donors (Lipinski definition) is 2. The van der Waals surface area contributed by atoms with Crippen LogP contribution in [0.15, 0.2) is 12.1 Å². The van der Waals surface area contributed by atoms with Crippen LogP contribution in [0, 0.1) is 20.8 Å². The number of carbonyl (C=O) groups is 1. The Morgan fingerprint density at radius 1 is 1.32 bits per heavy atom. The van der Waals surface area contributed by atoms with Crippen LogP contribution in [0.4, 0.5) is 5.95 Å². The fourth-order valence-electron chi connectivity index (χ4n) is 1.66. The van der Waals surface area contributed by atoms with Crippen LogP contribution in [0.2, 0.25) is 0 Å². The molecular formula is C13H15N3O2S. The summed E-state index contributed by atoms with van der Waals surface area (Å²) in [6.45, 7) is 6.50. The third-order valence-corrected chi connectivity index (χ3v) is 3.86. The number of aromatic nitrogens is 2. The van der Waals surface area contributed by atoms with E-state index in [9.17, 15) is 4.79 Å². The predicted molar refractivity (Wildman–Crippen MR) is 74.8 cm³/mol. The quantitative estimate of drug-likeness (QED) is 0.898. The molecule has 0 radical (unpaired) electrons. The van der Waals surface area contributed by atoms with Crippen LogP contribution in [0.3, 0.4) is 0 Å². The molecule has 0 bridgehead atoms. The van der Waals surface area contributed by atoms with E-state index in [0.29, 0.717) is 18.2 Å². The van der Waals surface area contributed by atoms with Crippen molar-refractivity contribution in [1.29, 1.82) is 0 Å². The summed E-state index contributed by atoms with van der Waals surface area (Å²) >= 11 is 1.71. The number of anilines is 1. The van der Waals surface area contributed by atoms with Gasteiger partial charge in [0.2, 0.25) is 5.95 Å². The standard InChI is InChI=1S/C13H15N3O2S/c1-7-4-10(19-9(7)3)6-14-13-15-8(2)5-11(16-13)12(17)18/h4-5H,6H2,1-3H3,(H,17,18)(H,14,15,16). The molecule has 0 unspecified atom stereocenters. The predicted octanol–water partition coefficient (Wildman–Crippen LogP) is 2.77. The minimum absolute atomic E-state index is 0.00791. The zero-order chi connectivity index (χ0) is 14.0. The minimum atomic E-state index is -1.05. The average Bonchev–Trinajstić information content (AvgIpc) is 2.65. The van der Waals surface area contributed by atoms with Crippen LogP contribution in [0.1, 0.15) is 31.5 Å². The van der Waals surface area contributed by atoms with E-state index in [-0.39, 0.29) is 5.69 Å². The summed E-state index contributed by atoms with van der Waals surface area (Å²) in [7, 11) is 0. The number of nitrogens with one attached hydrogen (secondary N) is 1. The molecule has 2 N–H and O–H groups in total. The summed E-state index contributed by atoms with van der Waals surface area (Å²) in [5.41, 5.74) is 1.90. The third-order valence-electron chi connectivity index (χ3n) is 2.71. The Kier molecular flexibility index (Phi) is 3.80. The highest BCUT2D eigenvalue weighted by Gasteiger charge is 2.09. The van der Waals surface area contributed by atoms with Crippen molar-refractivity contribution in [2.75, 3.05) is 5.32 Å². The van der Waals surface area contributed by atoms with E-state index in [1.54, 1.807) is 18.3 Å². The van der Waals surface area contributed by atoms with Gasteiger partial charge in [0.25, 0.3) is 0 Å². The summed E-state index contributed by atoms with van der Waals surface area (Å²) < 4.78 is 0. The molecule has 0 aliphatic carbocycles. The molecule has 6 heteroatoms. The topological polar surface area (TPSA) is 75.1 Å². The highest BCUT2D eigenvalue weighted by atomic mass is 32.1. The van der Waals surface area contributed by atoms with Crippen molar-refractivity contribution in [2.45, 2.75) is 27.3 Å². The van der Waals surface area contributed by atoms with Gasteiger partial charge in [0.15, 0.2) is 5.69 Å². The number of carboxylic acid groups (broad SMARTS) is 1.